The lowest BCUT2D eigenvalue weighted by molar-refractivity contribution is -0.647. The Morgan fingerprint density at radius 3 is 2.43 bits per heavy atom. The van der Waals surface area contributed by atoms with E-state index in [1.807, 2.05) is 0 Å². The van der Waals surface area contributed by atoms with E-state index in [4.69, 9.17) is 17.3 Å². The first-order valence-corrected chi connectivity index (χ1v) is 17.9. The molecule has 1 fully saturated rings. The lowest BCUT2D eigenvalue weighted by Crippen LogP contribution is -2.35. The number of aryl methyl sites for hydroxylation is 1. The zero-order valence-electron chi connectivity index (χ0n) is 25.5. The molecule has 0 radical (unpaired) electrons. The fourth-order valence-electron chi connectivity index (χ4n) is 5.88. The molecule has 47 heavy (non-hydrogen) atoms. The Morgan fingerprint density at radius 1 is 1.09 bits per heavy atom. The molecule has 2 N–H and O–H groups in total. The van der Waals surface area contributed by atoms with Crippen LogP contribution >= 0.6 is 11.6 Å². The van der Waals surface area contributed by atoms with Crippen LogP contribution < -0.4 is 20.1 Å². The molecule has 1 aromatic heterocycles. The van der Waals surface area contributed by atoms with Crippen molar-refractivity contribution in [2.24, 2.45) is 12.8 Å². The number of imidazole rings is 1. The van der Waals surface area contributed by atoms with Gasteiger partial charge in [0.25, 0.3) is 5.82 Å². The normalized spacial score (nSPS) is 17.1. The van der Waals surface area contributed by atoms with Gasteiger partial charge in [-0.15, -0.1) is 4.57 Å². The first kappa shape index (κ1) is 34.6. The van der Waals surface area contributed by atoms with Crippen LogP contribution in [0.3, 0.4) is 0 Å². The van der Waals surface area contributed by atoms with Gasteiger partial charge in [0.2, 0.25) is 10.0 Å². The van der Waals surface area contributed by atoms with E-state index < -0.39 is 42.7 Å². The van der Waals surface area contributed by atoms with Gasteiger partial charge in [-0.3, -0.25) is 0 Å². The molecule has 1 saturated heterocycles. The van der Waals surface area contributed by atoms with Gasteiger partial charge < -0.3 is 20.1 Å². The predicted octanol–water partition coefficient (Wildman–Crippen LogP) is 3.78. The largest absolute Gasteiger partial charge is 0.748 e. The molecule has 0 atom stereocenters. The fourth-order valence-corrected chi connectivity index (χ4v) is 8.17. The first-order chi connectivity index (χ1) is 22.0. The van der Waals surface area contributed by atoms with E-state index in [2.05, 4.69) is 12.1 Å². The summed E-state index contributed by atoms with van der Waals surface area (Å²) in [5, 5.41) is -0.499. The third-order valence-electron chi connectivity index (χ3n) is 8.16. The number of sulfonamides is 1. The van der Waals surface area contributed by atoms with E-state index in [1.54, 1.807) is 64.6 Å². The second-order valence-electron chi connectivity index (χ2n) is 11.2. The third-order valence-corrected chi connectivity index (χ3v) is 11.2. The molecular weight excluding hydrogens is 681 g/mol. The number of anilines is 2. The van der Waals surface area contributed by atoms with E-state index in [0.717, 1.165) is 25.3 Å². The third kappa shape index (κ3) is 6.95. The quantitative estimate of drug-likeness (QED) is 0.161. The molecule has 0 amide bonds. The van der Waals surface area contributed by atoms with Gasteiger partial charge in [-0.05, 0) is 49.6 Å². The van der Waals surface area contributed by atoms with Crippen molar-refractivity contribution in [3.63, 3.8) is 0 Å². The molecule has 17 heteroatoms. The lowest BCUT2D eigenvalue weighted by Gasteiger charge is -2.25. The highest BCUT2D eigenvalue weighted by Crippen LogP contribution is 2.47. The Balaban J connectivity index is 1.55. The summed E-state index contributed by atoms with van der Waals surface area (Å²) in [5.74, 6) is 0.195. The van der Waals surface area contributed by atoms with Crippen LogP contribution in [0.5, 0.6) is 0 Å². The summed E-state index contributed by atoms with van der Waals surface area (Å²) in [6.45, 7) is 0.830. The predicted molar refractivity (Wildman–Crippen MR) is 172 cm³/mol. The molecule has 0 unspecified atom stereocenters. The van der Waals surface area contributed by atoms with Gasteiger partial charge in [-0.2, -0.15) is 17.5 Å². The molecule has 0 aliphatic carbocycles. The van der Waals surface area contributed by atoms with Crippen molar-refractivity contribution in [1.29, 1.82) is 0 Å². The smallest absolute Gasteiger partial charge is 0.417 e. The maximum Gasteiger partial charge on any atom is 0.417 e. The number of rotatable bonds is 8. The van der Waals surface area contributed by atoms with Crippen molar-refractivity contribution in [3.8, 4) is 12.1 Å². The number of nitrogens with two attached hydrogens (primary N) is 1. The number of hydrogen-bond donors (Lipinski definition) is 1. The molecule has 2 aliphatic heterocycles. The van der Waals surface area contributed by atoms with Crippen LogP contribution in [0, 0.1) is 12.1 Å². The van der Waals surface area contributed by atoms with Gasteiger partial charge in [0, 0.05) is 44.6 Å². The Hall–Kier alpha value is -3.75. The van der Waals surface area contributed by atoms with Crippen molar-refractivity contribution >= 4 is 60.2 Å². The molecule has 0 bridgehead atoms. The van der Waals surface area contributed by atoms with E-state index in [1.165, 1.54) is 15.3 Å². The van der Waals surface area contributed by atoms with Crippen molar-refractivity contribution in [2.75, 3.05) is 42.2 Å². The van der Waals surface area contributed by atoms with Crippen LogP contribution in [0.15, 0.2) is 53.2 Å². The minimum absolute atomic E-state index is 0.0711. The molecule has 252 valence electrons. The summed E-state index contributed by atoms with van der Waals surface area (Å²) in [4.78, 5) is 3.22. The molecule has 5 rings (SSSR count). The Kier molecular flexibility index (Phi) is 9.59. The fraction of sp³-hybridized carbons (Fsp3) is 0.367. The van der Waals surface area contributed by atoms with E-state index in [-0.39, 0.29) is 23.5 Å². The summed E-state index contributed by atoms with van der Waals surface area (Å²) >= 11 is 6.00. The van der Waals surface area contributed by atoms with Crippen LogP contribution in [0.4, 0.5) is 24.5 Å². The molecule has 0 saturated carbocycles. The lowest BCUT2D eigenvalue weighted by atomic mass is 10.1. The number of aromatic nitrogens is 2. The van der Waals surface area contributed by atoms with Crippen LogP contribution in [0.25, 0.3) is 17.1 Å². The van der Waals surface area contributed by atoms with Crippen molar-refractivity contribution in [1.82, 2.24) is 8.87 Å². The number of alkyl halides is 3. The summed E-state index contributed by atoms with van der Waals surface area (Å²) in [6.07, 6.45) is 2.59. The number of fused-ring (bicyclic) bond motifs is 2. The summed E-state index contributed by atoms with van der Waals surface area (Å²) in [7, 11) is -4.91. The standard InChI is InChI=1S/C30H32ClF3N6O5S2/c1-36-24-11-10-21(47(44,45)38-13-4-3-5-14-38)18-26(24)40(16-12-35)28(36)8-6-9-29-37(2)25-20-23(31)22(30(32,33)34)19-27(25)39(29)15-7-17-46(41,42)43/h6,8-11,18-20H,3-5,7,13-15,17,35H2,1-2H3. The number of halogens is 4. The summed E-state index contributed by atoms with van der Waals surface area (Å²) in [5.41, 5.74) is 6.19. The number of allylic oxidation sites excluding steroid dienone is 2. The maximum absolute atomic E-state index is 13.7. The van der Waals surface area contributed by atoms with Crippen LogP contribution in [0.1, 0.15) is 37.1 Å². The average Bonchev–Trinajstić information content (AvgIpc) is 3.41. The Labute approximate surface area is 276 Å². The zero-order valence-corrected chi connectivity index (χ0v) is 27.8. The van der Waals surface area contributed by atoms with Crippen molar-refractivity contribution in [3.05, 3.63) is 64.7 Å². The second-order valence-corrected chi connectivity index (χ2v) is 15.0. The van der Waals surface area contributed by atoms with Crippen molar-refractivity contribution in [2.45, 2.75) is 36.8 Å². The molecule has 3 heterocycles. The van der Waals surface area contributed by atoms with E-state index >= 15 is 0 Å². The van der Waals surface area contributed by atoms with Crippen LogP contribution in [0.2, 0.25) is 5.02 Å². The minimum Gasteiger partial charge on any atom is -0.748 e. The average molecular weight is 713 g/mol. The summed E-state index contributed by atoms with van der Waals surface area (Å²) in [6, 6.07) is 12.0. The molecule has 0 spiro atoms. The van der Waals surface area contributed by atoms with Gasteiger partial charge in [-0.1, -0.05) is 24.1 Å². The van der Waals surface area contributed by atoms with Gasteiger partial charge >= 0.3 is 6.18 Å². The molecule has 3 aromatic rings. The highest BCUT2D eigenvalue weighted by molar-refractivity contribution is 7.89. The van der Waals surface area contributed by atoms with Crippen molar-refractivity contribution < 1.29 is 39.1 Å². The first-order valence-electron chi connectivity index (χ1n) is 14.5. The van der Waals surface area contributed by atoms with Gasteiger partial charge in [0.05, 0.1) is 50.1 Å². The molecule has 2 aliphatic rings. The minimum atomic E-state index is -4.74. The maximum atomic E-state index is 13.7. The number of piperidine rings is 1. The van der Waals surface area contributed by atoms with E-state index in [0.29, 0.717) is 41.5 Å². The van der Waals surface area contributed by atoms with Crippen LogP contribution in [-0.2, 0) is 33.4 Å². The molecule has 2 aromatic carbocycles. The Morgan fingerprint density at radius 2 is 1.79 bits per heavy atom. The number of nitrogens with zero attached hydrogens (tertiary/aromatic N) is 5. The number of hydrogen-bond acceptors (Lipinski definition) is 8. The van der Waals surface area contributed by atoms with E-state index in [9.17, 15) is 34.6 Å². The summed E-state index contributed by atoms with van der Waals surface area (Å²) < 4.78 is 107. The highest BCUT2D eigenvalue weighted by atomic mass is 35.5. The number of benzene rings is 2. The van der Waals surface area contributed by atoms with Gasteiger partial charge in [0.15, 0.2) is 11.0 Å². The van der Waals surface area contributed by atoms with Crippen LogP contribution in [-0.4, -0.2) is 62.7 Å². The highest BCUT2D eigenvalue weighted by Gasteiger charge is 2.38. The van der Waals surface area contributed by atoms with Gasteiger partial charge in [0.1, 0.15) is 11.9 Å². The molecular formula is C30H32ClF3N6O5S2. The topological polar surface area (TPSA) is 136 Å². The Bertz CT molecular complexity index is 2060. The SMILES string of the molecule is CN1/C(=C\C=C\c2n(C#CN)c3cc(S(=O)(=O)N4CCCCC4)ccc3[n+]2C)N(CCCS(=O)(=O)[O-])c2cc(C(F)(F)F)c(Cl)cc21. The monoisotopic (exact) mass is 712 g/mol. The zero-order chi connectivity index (χ0) is 34.3. The second kappa shape index (κ2) is 13.0. The molecule has 11 nitrogen and oxygen atoms in total. The van der Waals surface area contributed by atoms with Gasteiger partial charge in [-0.25, -0.2) is 21.4 Å².